The molecule has 0 bridgehead atoms. The molecule has 3 rings (SSSR count). The second kappa shape index (κ2) is 6.54. The van der Waals surface area contributed by atoms with Gasteiger partial charge in [0.2, 0.25) is 0 Å². The van der Waals surface area contributed by atoms with E-state index in [1.165, 1.54) is 19.3 Å². The molecular formula is C18H23NO2. The van der Waals surface area contributed by atoms with Crippen LogP contribution in [0, 0.1) is 5.92 Å². The fourth-order valence-electron chi connectivity index (χ4n) is 3.47. The van der Waals surface area contributed by atoms with Gasteiger partial charge >= 0.3 is 0 Å². The molecule has 0 spiro atoms. The SMILES string of the molecule is OC(Cc1ccnc2ccccc12)C(O)C1CCCCC1. The summed E-state index contributed by atoms with van der Waals surface area (Å²) in [5, 5.41) is 21.9. The van der Waals surface area contributed by atoms with Crippen molar-refractivity contribution in [1.82, 2.24) is 4.98 Å². The summed E-state index contributed by atoms with van der Waals surface area (Å²) in [5.74, 6) is 0.252. The molecule has 2 unspecified atom stereocenters. The molecule has 3 heteroatoms. The van der Waals surface area contributed by atoms with E-state index < -0.39 is 12.2 Å². The molecule has 2 atom stereocenters. The number of benzene rings is 1. The summed E-state index contributed by atoms with van der Waals surface area (Å²) < 4.78 is 0. The summed E-state index contributed by atoms with van der Waals surface area (Å²) in [4.78, 5) is 4.34. The lowest BCUT2D eigenvalue weighted by molar-refractivity contribution is -0.0262. The minimum Gasteiger partial charge on any atom is -0.390 e. The van der Waals surface area contributed by atoms with Gasteiger partial charge in [0.25, 0.3) is 0 Å². The van der Waals surface area contributed by atoms with Crippen molar-refractivity contribution in [3.63, 3.8) is 0 Å². The van der Waals surface area contributed by atoms with Gasteiger partial charge in [-0.2, -0.15) is 0 Å². The highest BCUT2D eigenvalue weighted by molar-refractivity contribution is 5.81. The van der Waals surface area contributed by atoms with Gasteiger partial charge in [0, 0.05) is 18.0 Å². The van der Waals surface area contributed by atoms with Crippen molar-refractivity contribution < 1.29 is 10.2 Å². The van der Waals surface area contributed by atoms with E-state index in [1.807, 2.05) is 30.3 Å². The number of rotatable bonds is 4. The zero-order chi connectivity index (χ0) is 14.7. The Kier molecular flexibility index (Phi) is 4.51. The molecule has 1 aromatic carbocycles. The number of nitrogens with zero attached hydrogens (tertiary/aromatic N) is 1. The highest BCUT2D eigenvalue weighted by atomic mass is 16.3. The van der Waals surface area contributed by atoms with Crippen molar-refractivity contribution in [3.05, 3.63) is 42.1 Å². The van der Waals surface area contributed by atoms with Gasteiger partial charge in [-0.05, 0) is 36.5 Å². The molecule has 2 N–H and O–H groups in total. The lowest BCUT2D eigenvalue weighted by Gasteiger charge is -2.30. The summed E-state index contributed by atoms with van der Waals surface area (Å²) in [6.45, 7) is 0. The van der Waals surface area contributed by atoms with Crippen LogP contribution < -0.4 is 0 Å². The van der Waals surface area contributed by atoms with Crippen molar-refractivity contribution >= 4 is 10.9 Å². The lowest BCUT2D eigenvalue weighted by Crippen LogP contribution is -2.36. The van der Waals surface area contributed by atoms with Gasteiger partial charge in [0.05, 0.1) is 17.7 Å². The summed E-state index contributed by atoms with van der Waals surface area (Å²) in [6, 6.07) is 9.89. The molecule has 0 radical (unpaired) electrons. The molecule has 1 aliphatic rings. The number of aliphatic hydroxyl groups excluding tert-OH is 2. The Bertz CT molecular complexity index is 587. The first-order valence-electron chi connectivity index (χ1n) is 7.94. The van der Waals surface area contributed by atoms with Gasteiger partial charge in [-0.3, -0.25) is 4.98 Å². The van der Waals surface area contributed by atoms with Crippen LogP contribution in [0.1, 0.15) is 37.7 Å². The summed E-state index contributed by atoms with van der Waals surface area (Å²) in [5.41, 5.74) is 2.00. The number of para-hydroxylation sites is 1. The normalized spacial score (nSPS) is 19.5. The Hall–Kier alpha value is -1.45. The fourth-order valence-corrected chi connectivity index (χ4v) is 3.47. The molecule has 3 nitrogen and oxygen atoms in total. The standard InChI is InChI=1S/C18H23NO2/c20-17(18(21)13-6-2-1-3-7-13)12-14-10-11-19-16-9-5-4-8-15(14)16/h4-5,8-11,13,17-18,20-21H,1-3,6-7,12H2. The Balaban J connectivity index is 1.75. The zero-order valence-corrected chi connectivity index (χ0v) is 12.3. The third-order valence-electron chi connectivity index (χ3n) is 4.70. The Morgan fingerprint density at radius 3 is 2.62 bits per heavy atom. The van der Waals surface area contributed by atoms with Crippen LogP contribution in [0.3, 0.4) is 0 Å². The van der Waals surface area contributed by atoms with Crippen molar-refractivity contribution in [2.45, 2.75) is 50.7 Å². The first-order valence-corrected chi connectivity index (χ1v) is 7.94. The monoisotopic (exact) mass is 285 g/mol. The fraction of sp³-hybridized carbons (Fsp3) is 0.500. The number of aromatic nitrogens is 1. The van der Waals surface area contributed by atoms with E-state index in [4.69, 9.17) is 0 Å². The second-order valence-electron chi connectivity index (χ2n) is 6.15. The summed E-state index contributed by atoms with van der Waals surface area (Å²) in [7, 11) is 0. The van der Waals surface area contributed by atoms with Crippen LogP contribution in [-0.2, 0) is 6.42 Å². The molecule has 1 heterocycles. The van der Waals surface area contributed by atoms with Crippen LogP contribution in [0.4, 0.5) is 0 Å². The average molecular weight is 285 g/mol. The van der Waals surface area contributed by atoms with E-state index in [1.54, 1.807) is 6.20 Å². The second-order valence-corrected chi connectivity index (χ2v) is 6.15. The number of hydrogen-bond donors (Lipinski definition) is 2. The van der Waals surface area contributed by atoms with Gasteiger partial charge in [0.1, 0.15) is 0 Å². The molecule has 1 aliphatic carbocycles. The molecule has 0 saturated heterocycles. The number of fused-ring (bicyclic) bond motifs is 1. The van der Waals surface area contributed by atoms with Gasteiger partial charge < -0.3 is 10.2 Å². The van der Waals surface area contributed by atoms with Crippen LogP contribution in [-0.4, -0.2) is 27.4 Å². The number of pyridine rings is 1. The third kappa shape index (κ3) is 3.25. The van der Waals surface area contributed by atoms with Crippen LogP contribution >= 0.6 is 0 Å². The number of aliphatic hydroxyl groups is 2. The van der Waals surface area contributed by atoms with Crippen LogP contribution in [0.5, 0.6) is 0 Å². The van der Waals surface area contributed by atoms with Crippen molar-refractivity contribution in [2.75, 3.05) is 0 Å². The van der Waals surface area contributed by atoms with Crippen molar-refractivity contribution in [1.29, 1.82) is 0 Å². The van der Waals surface area contributed by atoms with Crippen molar-refractivity contribution in [2.24, 2.45) is 5.92 Å². The zero-order valence-electron chi connectivity index (χ0n) is 12.3. The van der Waals surface area contributed by atoms with Gasteiger partial charge in [-0.1, -0.05) is 37.5 Å². The molecule has 0 aliphatic heterocycles. The van der Waals surface area contributed by atoms with E-state index in [-0.39, 0.29) is 5.92 Å². The maximum absolute atomic E-state index is 10.4. The molecule has 1 fully saturated rings. The first kappa shape index (κ1) is 14.5. The van der Waals surface area contributed by atoms with E-state index >= 15 is 0 Å². The molecule has 21 heavy (non-hydrogen) atoms. The minimum absolute atomic E-state index is 0.252. The van der Waals surface area contributed by atoms with Crippen LogP contribution in [0.2, 0.25) is 0 Å². The summed E-state index contributed by atoms with van der Waals surface area (Å²) >= 11 is 0. The van der Waals surface area contributed by atoms with E-state index in [0.29, 0.717) is 6.42 Å². The lowest BCUT2D eigenvalue weighted by atomic mass is 9.82. The maximum Gasteiger partial charge on any atom is 0.0842 e. The first-order chi connectivity index (χ1) is 10.3. The predicted molar refractivity (Wildman–Crippen MR) is 84.0 cm³/mol. The highest BCUT2D eigenvalue weighted by Crippen LogP contribution is 2.29. The molecule has 0 amide bonds. The van der Waals surface area contributed by atoms with Gasteiger partial charge in [-0.15, -0.1) is 0 Å². The Morgan fingerprint density at radius 2 is 1.81 bits per heavy atom. The molecule has 1 saturated carbocycles. The van der Waals surface area contributed by atoms with Gasteiger partial charge in [0.15, 0.2) is 0 Å². The number of hydrogen-bond acceptors (Lipinski definition) is 3. The molecule has 2 aromatic rings. The molecular weight excluding hydrogens is 262 g/mol. The highest BCUT2D eigenvalue weighted by Gasteiger charge is 2.27. The quantitative estimate of drug-likeness (QED) is 0.907. The Morgan fingerprint density at radius 1 is 1.05 bits per heavy atom. The average Bonchev–Trinajstić information content (AvgIpc) is 2.55. The van der Waals surface area contributed by atoms with Crippen LogP contribution in [0.15, 0.2) is 36.5 Å². The van der Waals surface area contributed by atoms with E-state index in [2.05, 4.69) is 4.98 Å². The Labute approximate surface area is 125 Å². The topological polar surface area (TPSA) is 53.4 Å². The smallest absolute Gasteiger partial charge is 0.0842 e. The molecule has 112 valence electrons. The largest absolute Gasteiger partial charge is 0.390 e. The molecule has 1 aromatic heterocycles. The summed E-state index contributed by atoms with van der Waals surface area (Å²) in [6.07, 6.45) is 6.63. The van der Waals surface area contributed by atoms with Crippen LogP contribution in [0.25, 0.3) is 10.9 Å². The van der Waals surface area contributed by atoms with E-state index in [0.717, 1.165) is 29.3 Å². The minimum atomic E-state index is -0.695. The predicted octanol–water partition coefficient (Wildman–Crippen LogP) is 3.08. The van der Waals surface area contributed by atoms with Crippen molar-refractivity contribution in [3.8, 4) is 0 Å². The third-order valence-corrected chi connectivity index (χ3v) is 4.70. The van der Waals surface area contributed by atoms with E-state index in [9.17, 15) is 10.2 Å². The maximum atomic E-state index is 10.4. The van der Waals surface area contributed by atoms with Gasteiger partial charge in [-0.25, -0.2) is 0 Å².